The van der Waals surface area contributed by atoms with E-state index in [1.807, 2.05) is 20.8 Å². The molecule has 0 fully saturated rings. The van der Waals surface area contributed by atoms with E-state index in [0.29, 0.717) is 6.54 Å². The van der Waals surface area contributed by atoms with Crippen LogP contribution in [0.25, 0.3) is 0 Å². The molecule has 88 valence electrons. The van der Waals surface area contributed by atoms with Gasteiger partial charge in [-0.1, -0.05) is 26.8 Å². The number of nitro benzene ring substituents is 1. The van der Waals surface area contributed by atoms with E-state index in [1.165, 1.54) is 18.2 Å². The Morgan fingerprint density at radius 3 is 2.56 bits per heavy atom. The third-order valence-corrected chi connectivity index (χ3v) is 2.01. The van der Waals surface area contributed by atoms with Crippen molar-refractivity contribution in [1.82, 2.24) is 0 Å². The van der Waals surface area contributed by atoms with E-state index in [1.54, 1.807) is 0 Å². The minimum atomic E-state index is -0.509. The van der Waals surface area contributed by atoms with E-state index in [0.717, 1.165) is 0 Å². The highest BCUT2D eigenvalue weighted by atomic mass is 16.6. The van der Waals surface area contributed by atoms with Gasteiger partial charge in [0, 0.05) is 12.6 Å². The van der Waals surface area contributed by atoms with Gasteiger partial charge in [0.05, 0.1) is 4.92 Å². The summed E-state index contributed by atoms with van der Waals surface area (Å²) < 4.78 is 0. The molecule has 0 aliphatic rings. The fraction of sp³-hybridized carbons (Fsp3) is 0.455. The maximum atomic E-state index is 10.8. The van der Waals surface area contributed by atoms with Gasteiger partial charge in [0.25, 0.3) is 5.69 Å². The van der Waals surface area contributed by atoms with Gasteiger partial charge < -0.3 is 10.4 Å². The molecule has 0 bridgehead atoms. The Balaban J connectivity index is 2.98. The summed E-state index contributed by atoms with van der Waals surface area (Å²) in [5.41, 5.74) is 0.0579. The van der Waals surface area contributed by atoms with E-state index in [4.69, 9.17) is 0 Å². The molecule has 5 nitrogen and oxygen atoms in total. The van der Waals surface area contributed by atoms with Crippen LogP contribution in [0.15, 0.2) is 18.2 Å². The van der Waals surface area contributed by atoms with Gasteiger partial charge in [-0.3, -0.25) is 10.1 Å². The summed E-state index contributed by atoms with van der Waals surface area (Å²) in [6.45, 7) is 6.56. The first-order chi connectivity index (χ1) is 7.31. The average Bonchev–Trinajstić information content (AvgIpc) is 2.13. The Morgan fingerprint density at radius 1 is 1.44 bits per heavy atom. The molecule has 1 aromatic rings. The minimum Gasteiger partial charge on any atom is -0.506 e. The Kier molecular flexibility index (Phi) is 3.37. The number of rotatable bonds is 3. The first-order valence-corrected chi connectivity index (χ1v) is 5.01. The Bertz CT molecular complexity index is 397. The second-order valence-corrected chi connectivity index (χ2v) is 4.84. The number of nitrogens with zero attached hydrogens (tertiary/aromatic N) is 1. The number of hydrogen-bond acceptors (Lipinski definition) is 4. The minimum absolute atomic E-state index is 0.0177. The fourth-order valence-electron chi connectivity index (χ4n) is 1.22. The number of benzene rings is 1. The van der Waals surface area contributed by atoms with Crippen LogP contribution in [0.1, 0.15) is 20.8 Å². The molecular weight excluding hydrogens is 208 g/mol. The molecule has 0 amide bonds. The molecule has 0 unspecified atom stereocenters. The van der Waals surface area contributed by atoms with Crippen molar-refractivity contribution in [3.8, 4) is 5.75 Å². The molecule has 1 rings (SSSR count). The lowest BCUT2D eigenvalue weighted by atomic mass is 9.97. The maximum absolute atomic E-state index is 10.8. The summed E-state index contributed by atoms with van der Waals surface area (Å²) in [6, 6.07) is 4.25. The number of phenols is 1. The molecule has 0 saturated carbocycles. The van der Waals surface area contributed by atoms with Crippen LogP contribution in [0.3, 0.4) is 0 Å². The molecule has 2 N–H and O–H groups in total. The zero-order chi connectivity index (χ0) is 12.3. The predicted molar refractivity (Wildman–Crippen MR) is 62.7 cm³/mol. The monoisotopic (exact) mass is 224 g/mol. The molecule has 1 aromatic carbocycles. The van der Waals surface area contributed by atoms with E-state index in [2.05, 4.69) is 5.32 Å². The molecule has 0 aliphatic heterocycles. The highest BCUT2D eigenvalue weighted by molar-refractivity contribution is 5.69. The Labute approximate surface area is 94.3 Å². The summed E-state index contributed by atoms with van der Waals surface area (Å²) in [5, 5.41) is 23.2. The molecule has 5 heteroatoms. The Morgan fingerprint density at radius 2 is 2.06 bits per heavy atom. The highest BCUT2D eigenvalue weighted by Crippen LogP contribution is 2.33. The molecule has 0 heterocycles. The lowest BCUT2D eigenvalue weighted by Crippen LogP contribution is -2.19. The van der Waals surface area contributed by atoms with Gasteiger partial charge >= 0.3 is 0 Å². The molecular formula is C11H16N2O3. The number of aromatic hydroxyl groups is 1. The standard InChI is InChI=1S/C11H16N2O3/c1-11(2,3)7-12-10-8(13(15)16)5-4-6-9(10)14/h4-6,12,14H,7H2,1-3H3. The zero-order valence-electron chi connectivity index (χ0n) is 9.65. The van der Waals surface area contributed by atoms with Gasteiger partial charge in [-0.15, -0.1) is 0 Å². The molecule has 0 aliphatic carbocycles. The van der Waals surface area contributed by atoms with Gasteiger partial charge in [0.15, 0.2) is 5.69 Å². The topological polar surface area (TPSA) is 75.4 Å². The first kappa shape index (κ1) is 12.3. The van der Waals surface area contributed by atoms with Crippen LogP contribution in [0.5, 0.6) is 5.75 Å². The average molecular weight is 224 g/mol. The summed E-state index contributed by atoms with van der Waals surface area (Å²) in [5.74, 6) is -0.0987. The molecule has 0 spiro atoms. The van der Waals surface area contributed by atoms with Crippen molar-refractivity contribution in [1.29, 1.82) is 0 Å². The largest absolute Gasteiger partial charge is 0.506 e. The van der Waals surface area contributed by atoms with E-state index < -0.39 is 4.92 Å². The predicted octanol–water partition coefficient (Wildman–Crippen LogP) is 2.76. The van der Waals surface area contributed by atoms with Crippen molar-refractivity contribution in [2.45, 2.75) is 20.8 Å². The number of para-hydroxylation sites is 1. The molecule has 0 aromatic heterocycles. The van der Waals surface area contributed by atoms with Crippen molar-refractivity contribution >= 4 is 11.4 Å². The van der Waals surface area contributed by atoms with Crippen LogP contribution in [-0.2, 0) is 0 Å². The number of nitro groups is 1. The van der Waals surface area contributed by atoms with Gasteiger partial charge in [-0.05, 0) is 11.5 Å². The lowest BCUT2D eigenvalue weighted by Gasteiger charge is -2.19. The molecule has 0 atom stereocenters. The van der Waals surface area contributed by atoms with Crippen molar-refractivity contribution < 1.29 is 10.0 Å². The smallest absolute Gasteiger partial charge is 0.296 e. The van der Waals surface area contributed by atoms with Crippen LogP contribution in [0.2, 0.25) is 0 Å². The van der Waals surface area contributed by atoms with Gasteiger partial charge in [-0.25, -0.2) is 0 Å². The highest BCUT2D eigenvalue weighted by Gasteiger charge is 2.19. The summed E-state index contributed by atoms with van der Waals surface area (Å²) in [4.78, 5) is 10.2. The summed E-state index contributed by atoms with van der Waals surface area (Å²) >= 11 is 0. The molecule has 0 radical (unpaired) electrons. The quantitative estimate of drug-likeness (QED) is 0.470. The third-order valence-electron chi connectivity index (χ3n) is 2.01. The SMILES string of the molecule is CC(C)(C)CNc1c(O)cccc1[N+](=O)[O-]. The second-order valence-electron chi connectivity index (χ2n) is 4.84. The van der Waals surface area contributed by atoms with Crippen LogP contribution in [-0.4, -0.2) is 16.6 Å². The Hall–Kier alpha value is -1.78. The molecule has 0 saturated heterocycles. The van der Waals surface area contributed by atoms with E-state index >= 15 is 0 Å². The van der Waals surface area contributed by atoms with Crippen molar-refractivity contribution in [2.75, 3.05) is 11.9 Å². The normalized spacial score (nSPS) is 11.2. The van der Waals surface area contributed by atoms with Crippen molar-refractivity contribution in [3.05, 3.63) is 28.3 Å². The van der Waals surface area contributed by atoms with Crippen molar-refractivity contribution in [3.63, 3.8) is 0 Å². The number of nitrogens with one attached hydrogen (secondary N) is 1. The van der Waals surface area contributed by atoms with Gasteiger partial charge in [0.2, 0.25) is 0 Å². The number of phenolic OH excluding ortho intramolecular Hbond substituents is 1. The maximum Gasteiger partial charge on any atom is 0.296 e. The zero-order valence-corrected chi connectivity index (χ0v) is 9.65. The second kappa shape index (κ2) is 4.38. The lowest BCUT2D eigenvalue weighted by molar-refractivity contribution is -0.384. The van der Waals surface area contributed by atoms with Crippen LogP contribution >= 0.6 is 0 Å². The number of anilines is 1. The van der Waals surface area contributed by atoms with Gasteiger partial charge in [-0.2, -0.15) is 0 Å². The fourth-order valence-corrected chi connectivity index (χ4v) is 1.22. The van der Waals surface area contributed by atoms with Crippen LogP contribution in [0, 0.1) is 15.5 Å². The third kappa shape index (κ3) is 3.12. The first-order valence-electron chi connectivity index (χ1n) is 5.01. The van der Waals surface area contributed by atoms with Gasteiger partial charge in [0.1, 0.15) is 5.75 Å². The molecule has 16 heavy (non-hydrogen) atoms. The van der Waals surface area contributed by atoms with E-state index in [-0.39, 0.29) is 22.5 Å². The summed E-state index contributed by atoms with van der Waals surface area (Å²) in [7, 11) is 0. The number of hydrogen-bond donors (Lipinski definition) is 2. The van der Waals surface area contributed by atoms with Crippen LogP contribution < -0.4 is 5.32 Å². The summed E-state index contributed by atoms with van der Waals surface area (Å²) in [6.07, 6.45) is 0. The van der Waals surface area contributed by atoms with E-state index in [9.17, 15) is 15.2 Å². The van der Waals surface area contributed by atoms with Crippen molar-refractivity contribution in [2.24, 2.45) is 5.41 Å². The van der Waals surface area contributed by atoms with Crippen LogP contribution in [0.4, 0.5) is 11.4 Å².